The number of carbonyl (C=O) groups is 1. The van der Waals surface area contributed by atoms with E-state index in [1.807, 2.05) is 6.07 Å². The molecule has 6 heteroatoms. The van der Waals surface area contributed by atoms with Crippen molar-refractivity contribution in [3.05, 3.63) is 30.0 Å². The number of aromatic nitrogens is 2. The van der Waals surface area contributed by atoms with Crippen molar-refractivity contribution in [2.45, 2.75) is 25.3 Å². The fourth-order valence-electron chi connectivity index (χ4n) is 2.97. The van der Waals surface area contributed by atoms with Crippen molar-refractivity contribution in [1.82, 2.24) is 20.4 Å². The normalized spacial score (nSPS) is 18.7. The van der Waals surface area contributed by atoms with Gasteiger partial charge in [-0.15, -0.1) is 10.2 Å². The highest BCUT2D eigenvalue weighted by molar-refractivity contribution is 6.00. The van der Waals surface area contributed by atoms with E-state index in [4.69, 9.17) is 0 Å². The summed E-state index contributed by atoms with van der Waals surface area (Å²) in [5.74, 6) is -0.488. The number of rotatable bonds is 4. The fraction of sp³-hybridized carbons (Fsp3) is 0.438. The first-order chi connectivity index (χ1) is 10.7. The van der Waals surface area contributed by atoms with Crippen molar-refractivity contribution in [2.24, 2.45) is 0 Å². The number of nitrogens with zero attached hydrogens (tertiary/aromatic N) is 3. The Hall–Kier alpha value is -2.21. The van der Waals surface area contributed by atoms with Gasteiger partial charge < -0.3 is 15.3 Å². The number of aromatic hydroxyl groups is 1. The lowest BCUT2D eigenvalue weighted by atomic mass is 10.1. The predicted octanol–water partition coefficient (Wildman–Crippen LogP) is 1.55. The van der Waals surface area contributed by atoms with Crippen LogP contribution in [0.15, 0.2) is 24.3 Å². The lowest BCUT2D eigenvalue weighted by Gasteiger charge is -2.19. The van der Waals surface area contributed by atoms with E-state index in [0.717, 1.165) is 13.0 Å². The van der Waals surface area contributed by atoms with Crippen LogP contribution in [0, 0.1) is 0 Å². The van der Waals surface area contributed by atoms with E-state index in [1.165, 1.54) is 12.8 Å². The van der Waals surface area contributed by atoms with Gasteiger partial charge in [-0.25, -0.2) is 0 Å². The van der Waals surface area contributed by atoms with E-state index < -0.39 is 0 Å². The SMILES string of the molecule is CN1CCCC1CCNC(=O)c1nnc2ccccc2c1O. The first kappa shape index (κ1) is 14.7. The molecular weight excluding hydrogens is 280 g/mol. The Morgan fingerprint density at radius 1 is 1.41 bits per heavy atom. The van der Waals surface area contributed by atoms with Crippen LogP contribution in [0.25, 0.3) is 10.9 Å². The van der Waals surface area contributed by atoms with Gasteiger partial charge in [0.05, 0.1) is 5.52 Å². The van der Waals surface area contributed by atoms with Crippen molar-refractivity contribution in [3.8, 4) is 5.75 Å². The van der Waals surface area contributed by atoms with E-state index in [0.29, 0.717) is 23.5 Å². The molecule has 0 saturated carbocycles. The third kappa shape index (κ3) is 2.87. The van der Waals surface area contributed by atoms with E-state index in [1.54, 1.807) is 18.2 Å². The Morgan fingerprint density at radius 2 is 2.23 bits per heavy atom. The molecule has 116 valence electrons. The van der Waals surface area contributed by atoms with Gasteiger partial charge in [-0.2, -0.15) is 0 Å². The zero-order valence-electron chi connectivity index (χ0n) is 12.6. The molecule has 22 heavy (non-hydrogen) atoms. The minimum atomic E-state index is -0.378. The molecule has 1 aliphatic heterocycles. The Morgan fingerprint density at radius 3 is 3.00 bits per heavy atom. The van der Waals surface area contributed by atoms with Crippen LogP contribution in [-0.2, 0) is 0 Å². The van der Waals surface area contributed by atoms with E-state index in [2.05, 4.69) is 27.5 Å². The average Bonchev–Trinajstić information content (AvgIpc) is 2.93. The number of carbonyl (C=O) groups excluding carboxylic acids is 1. The molecule has 6 nitrogen and oxygen atoms in total. The van der Waals surface area contributed by atoms with Gasteiger partial charge in [-0.1, -0.05) is 12.1 Å². The molecule has 3 rings (SSSR count). The maximum absolute atomic E-state index is 12.2. The van der Waals surface area contributed by atoms with Gasteiger partial charge in [0, 0.05) is 18.0 Å². The second-order valence-electron chi connectivity index (χ2n) is 5.74. The summed E-state index contributed by atoms with van der Waals surface area (Å²) < 4.78 is 0. The summed E-state index contributed by atoms with van der Waals surface area (Å²) in [6, 6.07) is 7.61. The number of hydrogen-bond donors (Lipinski definition) is 2. The molecule has 0 bridgehead atoms. The molecule has 1 aliphatic rings. The summed E-state index contributed by atoms with van der Waals surface area (Å²) in [6.07, 6.45) is 3.30. The van der Waals surface area contributed by atoms with E-state index >= 15 is 0 Å². The molecule has 2 aromatic rings. The van der Waals surface area contributed by atoms with Crippen molar-refractivity contribution < 1.29 is 9.90 Å². The molecule has 0 aliphatic carbocycles. The van der Waals surface area contributed by atoms with Gasteiger partial charge in [0.25, 0.3) is 5.91 Å². The lowest BCUT2D eigenvalue weighted by molar-refractivity contribution is 0.0941. The zero-order valence-corrected chi connectivity index (χ0v) is 12.6. The number of fused-ring (bicyclic) bond motifs is 1. The molecule has 0 radical (unpaired) electrons. The molecule has 1 atom stereocenters. The summed E-state index contributed by atoms with van der Waals surface area (Å²) in [7, 11) is 2.11. The highest BCUT2D eigenvalue weighted by atomic mass is 16.3. The monoisotopic (exact) mass is 300 g/mol. The maximum Gasteiger partial charge on any atom is 0.275 e. The van der Waals surface area contributed by atoms with Gasteiger partial charge >= 0.3 is 0 Å². The average molecular weight is 300 g/mol. The largest absolute Gasteiger partial charge is 0.505 e. The van der Waals surface area contributed by atoms with Crippen molar-refractivity contribution in [3.63, 3.8) is 0 Å². The summed E-state index contributed by atoms with van der Waals surface area (Å²) in [6.45, 7) is 1.69. The molecule has 2 heterocycles. The van der Waals surface area contributed by atoms with Crippen LogP contribution in [-0.4, -0.2) is 52.3 Å². The van der Waals surface area contributed by atoms with Crippen molar-refractivity contribution in [1.29, 1.82) is 0 Å². The molecule has 1 amide bonds. The number of benzene rings is 1. The van der Waals surface area contributed by atoms with Gasteiger partial charge in [-0.3, -0.25) is 4.79 Å². The third-order valence-corrected chi connectivity index (χ3v) is 4.29. The van der Waals surface area contributed by atoms with Gasteiger partial charge in [0.2, 0.25) is 0 Å². The Kier molecular flexibility index (Phi) is 4.20. The summed E-state index contributed by atoms with van der Waals surface area (Å²) in [4.78, 5) is 14.5. The maximum atomic E-state index is 12.2. The van der Waals surface area contributed by atoms with Gasteiger partial charge in [0.1, 0.15) is 0 Å². The van der Waals surface area contributed by atoms with Crippen LogP contribution in [0.1, 0.15) is 29.8 Å². The summed E-state index contributed by atoms with van der Waals surface area (Å²) >= 11 is 0. The molecule has 1 aromatic carbocycles. The van der Waals surface area contributed by atoms with Crippen LogP contribution >= 0.6 is 0 Å². The fourth-order valence-corrected chi connectivity index (χ4v) is 2.97. The molecule has 1 unspecified atom stereocenters. The topological polar surface area (TPSA) is 78.4 Å². The summed E-state index contributed by atoms with van der Waals surface area (Å²) in [5, 5.41) is 21.4. The first-order valence-electron chi connectivity index (χ1n) is 7.59. The van der Waals surface area contributed by atoms with Crippen molar-refractivity contribution in [2.75, 3.05) is 20.1 Å². The van der Waals surface area contributed by atoms with Crippen LogP contribution < -0.4 is 5.32 Å². The zero-order chi connectivity index (χ0) is 15.5. The molecule has 1 fully saturated rings. The standard InChI is InChI=1S/C16H20N4O2/c1-20-10-4-5-11(20)8-9-17-16(22)14-15(21)12-6-2-3-7-13(12)18-19-14/h2-3,6-7,11H,4-5,8-10H2,1H3,(H,17,22)(H,18,21). The van der Waals surface area contributed by atoms with Crippen LogP contribution in [0.4, 0.5) is 0 Å². The van der Waals surface area contributed by atoms with E-state index in [-0.39, 0.29) is 17.4 Å². The third-order valence-electron chi connectivity index (χ3n) is 4.29. The first-order valence-corrected chi connectivity index (χ1v) is 7.59. The Labute approximate surface area is 129 Å². The van der Waals surface area contributed by atoms with E-state index in [9.17, 15) is 9.90 Å². The molecule has 0 spiro atoms. The van der Waals surface area contributed by atoms with Crippen LogP contribution in [0.3, 0.4) is 0 Å². The number of amides is 1. The minimum Gasteiger partial charge on any atom is -0.505 e. The number of hydrogen-bond acceptors (Lipinski definition) is 5. The number of likely N-dealkylation sites (tertiary alicyclic amines) is 1. The molecule has 1 saturated heterocycles. The lowest BCUT2D eigenvalue weighted by Crippen LogP contribution is -2.32. The molecule has 1 aromatic heterocycles. The van der Waals surface area contributed by atoms with Crippen LogP contribution in [0.5, 0.6) is 5.75 Å². The second-order valence-corrected chi connectivity index (χ2v) is 5.74. The minimum absolute atomic E-state index is 0.0153. The van der Waals surface area contributed by atoms with Crippen molar-refractivity contribution >= 4 is 16.8 Å². The smallest absolute Gasteiger partial charge is 0.275 e. The molecular formula is C16H20N4O2. The molecule has 2 N–H and O–H groups in total. The quantitative estimate of drug-likeness (QED) is 0.895. The highest BCUT2D eigenvalue weighted by Crippen LogP contribution is 2.25. The highest BCUT2D eigenvalue weighted by Gasteiger charge is 2.21. The van der Waals surface area contributed by atoms with Gasteiger partial charge in [0.15, 0.2) is 11.4 Å². The second kappa shape index (κ2) is 6.27. The number of nitrogens with one attached hydrogen (secondary N) is 1. The summed E-state index contributed by atoms with van der Waals surface area (Å²) in [5.41, 5.74) is 0.558. The Balaban J connectivity index is 1.66. The van der Waals surface area contributed by atoms with Crippen LogP contribution in [0.2, 0.25) is 0 Å². The van der Waals surface area contributed by atoms with Gasteiger partial charge in [-0.05, 0) is 45.0 Å². The predicted molar refractivity (Wildman–Crippen MR) is 83.8 cm³/mol. The Bertz CT molecular complexity index is 689.